The van der Waals surface area contributed by atoms with Crippen molar-refractivity contribution < 1.29 is 8.85 Å². The van der Waals surface area contributed by atoms with Gasteiger partial charge in [-0.25, -0.2) is 0 Å². The van der Waals surface area contributed by atoms with Gasteiger partial charge in [-0.05, 0) is 69.5 Å². The summed E-state index contributed by atoms with van der Waals surface area (Å²) in [5.74, 6) is 1.49. The van der Waals surface area contributed by atoms with Crippen LogP contribution in [0, 0.1) is 5.92 Å². The van der Waals surface area contributed by atoms with Crippen molar-refractivity contribution in [2.75, 3.05) is 0 Å². The minimum atomic E-state index is -1.79. The molecule has 0 spiro atoms. The lowest BCUT2D eigenvalue weighted by atomic mass is 9.82. The zero-order chi connectivity index (χ0) is 18.1. The minimum absolute atomic E-state index is 0.198. The molecule has 4 heteroatoms. The van der Waals surface area contributed by atoms with E-state index in [1.54, 1.807) is 0 Å². The Morgan fingerprint density at radius 2 is 1.70 bits per heavy atom. The highest BCUT2D eigenvalue weighted by molar-refractivity contribution is 6.74. The second-order valence-corrected chi connectivity index (χ2v) is 18.6. The molecule has 0 aromatic rings. The fourth-order valence-corrected chi connectivity index (χ4v) is 5.32. The molecule has 1 rings (SSSR count). The molecule has 134 valence electrons. The van der Waals surface area contributed by atoms with Crippen LogP contribution in [0.25, 0.3) is 0 Å². The number of allylic oxidation sites excluding steroid dienone is 2. The molecular weight excluding hydrogens is 316 g/mol. The molecule has 1 fully saturated rings. The lowest BCUT2D eigenvalue weighted by Gasteiger charge is -2.43. The van der Waals surface area contributed by atoms with Gasteiger partial charge in [0, 0.05) is 5.92 Å². The van der Waals surface area contributed by atoms with Crippen LogP contribution in [0.5, 0.6) is 0 Å². The molecule has 0 aromatic carbocycles. The van der Waals surface area contributed by atoms with Crippen molar-refractivity contribution in [1.29, 1.82) is 0 Å². The first-order chi connectivity index (χ1) is 10.3. The van der Waals surface area contributed by atoms with Crippen LogP contribution in [0.3, 0.4) is 0 Å². The van der Waals surface area contributed by atoms with Gasteiger partial charge < -0.3 is 8.85 Å². The molecule has 1 aliphatic carbocycles. The highest BCUT2D eigenvalue weighted by Gasteiger charge is 2.41. The summed E-state index contributed by atoms with van der Waals surface area (Å²) in [5, 5.41) is 0.229. The topological polar surface area (TPSA) is 18.5 Å². The highest BCUT2D eigenvalue weighted by Crippen LogP contribution is 2.42. The summed E-state index contributed by atoms with van der Waals surface area (Å²) in [6, 6.07) is 0. The third-order valence-electron chi connectivity index (χ3n) is 5.12. The van der Waals surface area contributed by atoms with Crippen molar-refractivity contribution in [1.82, 2.24) is 0 Å². The van der Waals surface area contributed by atoms with Gasteiger partial charge in [-0.2, -0.15) is 0 Å². The van der Waals surface area contributed by atoms with Gasteiger partial charge in [0.05, 0.1) is 11.9 Å². The van der Waals surface area contributed by atoms with Gasteiger partial charge in [0.1, 0.15) is 0 Å². The van der Waals surface area contributed by atoms with Crippen LogP contribution in [-0.4, -0.2) is 22.7 Å². The Morgan fingerprint density at radius 3 is 2.13 bits per heavy atom. The van der Waals surface area contributed by atoms with E-state index in [4.69, 9.17) is 8.85 Å². The summed E-state index contributed by atoms with van der Waals surface area (Å²) in [5.41, 5.74) is 1.36. The summed E-state index contributed by atoms with van der Waals surface area (Å²) in [6.07, 6.45) is 5.78. The van der Waals surface area contributed by atoms with Gasteiger partial charge in [0.2, 0.25) is 8.32 Å². The fraction of sp³-hybridized carbons (Fsp3) is 0.789. The van der Waals surface area contributed by atoms with Crippen LogP contribution < -0.4 is 0 Å². The number of rotatable bonds is 5. The maximum absolute atomic E-state index is 6.79. The molecule has 2 atom stereocenters. The van der Waals surface area contributed by atoms with E-state index in [9.17, 15) is 0 Å². The normalized spacial score (nSPS) is 26.0. The predicted molar refractivity (Wildman–Crippen MR) is 107 cm³/mol. The Kier molecular flexibility index (Phi) is 6.56. The molecule has 23 heavy (non-hydrogen) atoms. The Bertz CT molecular complexity index is 453. The van der Waals surface area contributed by atoms with Crippen molar-refractivity contribution in [3.8, 4) is 0 Å². The molecule has 1 saturated carbocycles. The molecule has 0 heterocycles. The van der Waals surface area contributed by atoms with Crippen LogP contribution in [0.2, 0.25) is 37.8 Å². The maximum atomic E-state index is 6.79. The van der Waals surface area contributed by atoms with Crippen LogP contribution in [0.15, 0.2) is 24.0 Å². The number of hydrogen-bond donors (Lipinski definition) is 0. The molecule has 0 amide bonds. The zero-order valence-electron chi connectivity index (χ0n) is 16.9. The van der Waals surface area contributed by atoms with E-state index >= 15 is 0 Å². The maximum Gasteiger partial charge on any atom is 0.241 e. The molecule has 0 saturated heterocycles. The first-order valence-corrected chi connectivity index (χ1v) is 15.3. The third-order valence-corrected chi connectivity index (χ3v) is 10.5. The largest absolute Gasteiger partial charge is 0.547 e. The van der Waals surface area contributed by atoms with Crippen LogP contribution in [-0.2, 0) is 8.85 Å². The average Bonchev–Trinajstić information content (AvgIpc) is 2.34. The quantitative estimate of drug-likeness (QED) is 0.319. The third kappa shape index (κ3) is 5.61. The van der Waals surface area contributed by atoms with E-state index in [1.807, 2.05) is 0 Å². The van der Waals surface area contributed by atoms with E-state index in [2.05, 4.69) is 73.1 Å². The highest BCUT2D eigenvalue weighted by atomic mass is 28.4. The van der Waals surface area contributed by atoms with Crippen LogP contribution in [0.1, 0.15) is 47.0 Å². The van der Waals surface area contributed by atoms with E-state index in [-0.39, 0.29) is 11.1 Å². The zero-order valence-corrected chi connectivity index (χ0v) is 18.9. The predicted octanol–water partition coefficient (Wildman–Crippen LogP) is 6.49. The Balaban J connectivity index is 3.17. The SMILES string of the molecule is C=C[C@@H]1CCC[C@@H](O[Si](C)(C)C(C)(C)C)/C1=C(/C)O[Si](C)(C)C. The van der Waals surface area contributed by atoms with Crippen molar-refractivity contribution in [3.05, 3.63) is 24.0 Å². The first-order valence-electron chi connectivity index (χ1n) is 8.98. The molecule has 0 radical (unpaired) electrons. The second kappa shape index (κ2) is 7.28. The van der Waals surface area contributed by atoms with Crippen LogP contribution in [0.4, 0.5) is 0 Å². The van der Waals surface area contributed by atoms with Gasteiger partial charge in [0.25, 0.3) is 0 Å². The van der Waals surface area contributed by atoms with Gasteiger partial charge in [-0.1, -0.05) is 26.8 Å². The number of hydrogen-bond acceptors (Lipinski definition) is 2. The Labute approximate surface area is 146 Å². The summed E-state index contributed by atoms with van der Waals surface area (Å²) < 4.78 is 13.1. The molecule has 0 aromatic heterocycles. The smallest absolute Gasteiger partial charge is 0.241 e. The van der Waals surface area contributed by atoms with Crippen molar-refractivity contribution in [2.24, 2.45) is 5.92 Å². The lowest BCUT2D eigenvalue weighted by molar-refractivity contribution is 0.165. The summed E-state index contributed by atoms with van der Waals surface area (Å²) in [4.78, 5) is 0. The Morgan fingerprint density at radius 1 is 1.13 bits per heavy atom. The summed E-state index contributed by atoms with van der Waals surface area (Å²) >= 11 is 0. The molecule has 0 bridgehead atoms. The van der Waals surface area contributed by atoms with E-state index < -0.39 is 16.6 Å². The molecule has 2 nitrogen and oxygen atoms in total. The van der Waals surface area contributed by atoms with Crippen molar-refractivity contribution >= 4 is 16.6 Å². The molecule has 0 aliphatic heterocycles. The van der Waals surface area contributed by atoms with Gasteiger partial charge in [0.15, 0.2) is 8.32 Å². The Hall–Kier alpha value is -0.326. The molecular formula is C19H38O2Si2. The standard InChI is InChI=1S/C19H38O2Si2/c1-11-16-13-12-14-17(21-23(9,10)19(3,4)5)18(16)15(2)20-22(6,7)8/h11,16-17H,1,12-14H2,2-10H3/b18-15-/t16-,17-/m1/s1. The monoisotopic (exact) mass is 354 g/mol. The molecule has 0 N–H and O–H groups in total. The first kappa shape index (κ1) is 20.7. The van der Waals surface area contributed by atoms with Crippen molar-refractivity contribution in [3.63, 3.8) is 0 Å². The van der Waals surface area contributed by atoms with Crippen molar-refractivity contribution in [2.45, 2.75) is 90.8 Å². The second-order valence-electron chi connectivity index (χ2n) is 9.37. The molecule has 0 unspecified atom stereocenters. The average molecular weight is 355 g/mol. The van der Waals surface area contributed by atoms with Crippen LogP contribution >= 0.6 is 0 Å². The van der Waals surface area contributed by atoms with E-state index in [0.717, 1.165) is 12.2 Å². The van der Waals surface area contributed by atoms with E-state index in [0.29, 0.717) is 5.92 Å². The summed E-state index contributed by atoms with van der Waals surface area (Å²) in [6.45, 7) is 24.5. The van der Waals surface area contributed by atoms with Gasteiger partial charge in [-0.15, -0.1) is 6.58 Å². The molecule has 1 aliphatic rings. The van der Waals surface area contributed by atoms with E-state index in [1.165, 1.54) is 18.4 Å². The summed E-state index contributed by atoms with van der Waals surface area (Å²) in [7, 11) is -3.40. The lowest BCUT2D eigenvalue weighted by Crippen LogP contribution is -2.46. The van der Waals surface area contributed by atoms with Gasteiger partial charge in [-0.3, -0.25) is 0 Å². The fourth-order valence-electron chi connectivity index (χ4n) is 2.98. The van der Waals surface area contributed by atoms with Gasteiger partial charge >= 0.3 is 0 Å². The minimum Gasteiger partial charge on any atom is -0.547 e.